The molecule has 0 saturated carbocycles. The summed E-state index contributed by atoms with van der Waals surface area (Å²) in [5.41, 5.74) is 0.829. The maximum absolute atomic E-state index is 12.1. The van der Waals surface area contributed by atoms with Gasteiger partial charge in [-0.1, -0.05) is 24.3 Å². The number of ether oxygens (including phenoxy) is 2. The van der Waals surface area contributed by atoms with E-state index in [0.29, 0.717) is 15.9 Å². The number of hydrogen-bond acceptors (Lipinski definition) is 6. The molecule has 0 spiro atoms. The van der Waals surface area contributed by atoms with Crippen molar-refractivity contribution in [1.29, 1.82) is 0 Å². The molecule has 3 amide bonds. The molecule has 0 aliphatic rings. The van der Waals surface area contributed by atoms with Crippen LogP contribution in [0.25, 0.3) is 0 Å². The van der Waals surface area contributed by atoms with Gasteiger partial charge in [0.2, 0.25) is 5.91 Å². The van der Waals surface area contributed by atoms with Gasteiger partial charge in [0.25, 0.3) is 11.8 Å². The molecule has 0 atom stereocenters. The van der Waals surface area contributed by atoms with E-state index in [0.717, 1.165) is 0 Å². The third-order valence-corrected chi connectivity index (χ3v) is 4.39. The van der Waals surface area contributed by atoms with E-state index in [4.69, 9.17) is 9.47 Å². The largest absolute Gasteiger partial charge is 0.496 e. The van der Waals surface area contributed by atoms with Crippen LogP contribution in [0.5, 0.6) is 5.75 Å². The van der Waals surface area contributed by atoms with Crippen LogP contribution in [0, 0.1) is 0 Å². The first-order valence-corrected chi connectivity index (χ1v) is 9.58. The molecule has 0 aliphatic heterocycles. The molecular formula is C20H20BrN3O6. The van der Waals surface area contributed by atoms with Crippen molar-refractivity contribution >= 4 is 45.3 Å². The lowest BCUT2D eigenvalue weighted by molar-refractivity contribution is -0.147. The number of carbonyl (C=O) groups excluding carboxylic acids is 4. The van der Waals surface area contributed by atoms with Crippen molar-refractivity contribution in [2.24, 2.45) is 0 Å². The Morgan fingerprint density at radius 3 is 2.33 bits per heavy atom. The molecule has 0 heterocycles. The molecule has 0 aromatic heterocycles. The molecule has 2 aromatic carbocycles. The summed E-state index contributed by atoms with van der Waals surface area (Å²) in [4.78, 5) is 47.4. The van der Waals surface area contributed by atoms with Crippen LogP contribution in [-0.4, -0.2) is 50.5 Å². The fourth-order valence-electron chi connectivity index (χ4n) is 2.26. The average Bonchev–Trinajstić information content (AvgIpc) is 2.76. The van der Waals surface area contributed by atoms with E-state index in [-0.39, 0.29) is 12.1 Å². The number of benzene rings is 2. The summed E-state index contributed by atoms with van der Waals surface area (Å²) in [5, 5.41) is 7.34. The predicted octanol–water partition coefficient (Wildman–Crippen LogP) is 1.49. The topological polar surface area (TPSA) is 123 Å². The molecule has 3 N–H and O–H groups in total. The number of esters is 1. The minimum Gasteiger partial charge on any atom is -0.496 e. The molecule has 158 valence electrons. The van der Waals surface area contributed by atoms with Gasteiger partial charge in [0, 0.05) is 4.47 Å². The average molecular weight is 478 g/mol. The first-order valence-electron chi connectivity index (χ1n) is 8.78. The standard InChI is InChI=1S/C20H20BrN3O6/c1-29-16-9-5-2-6-13(16)20(28)23-11-19(27)30-12-18(26)22-10-17(25)24-15-8-4-3-7-14(15)21/h2-9H,10-12H2,1H3,(H,22,26)(H,23,28)(H,24,25). The molecule has 0 fully saturated rings. The molecular weight excluding hydrogens is 458 g/mol. The number of amides is 3. The van der Waals surface area contributed by atoms with Gasteiger partial charge in [0.05, 0.1) is 24.9 Å². The Labute approximate surface area is 181 Å². The third-order valence-electron chi connectivity index (χ3n) is 3.70. The van der Waals surface area contributed by atoms with Gasteiger partial charge in [0.15, 0.2) is 6.61 Å². The Morgan fingerprint density at radius 2 is 1.60 bits per heavy atom. The highest BCUT2D eigenvalue weighted by Gasteiger charge is 2.14. The lowest BCUT2D eigenvalue weighted by atomic mass is 10.2. The van der Waals surface area contributed by atoms with Crippen molar-refractivity contribution in [2.45, 2.75) is 0 Å². The van der Waals surface area contributed by atoms with Gasteiger partial charge in [-0.2, -0.15) is 0 Å². The second-order valence-corrected chi connectivity index (χ2v) is 6.70. The first-order chi connectivity index (χ1) is 14.4. The van der Waals surface area contributed by atoms with E-state index in [1.807, 2.05) is 0 Å². The van der Waals surface area contributed by atoms with Gasteiger partial charge in [-0.05, 0) is 40.2 Å². The second-order valence-electron chi connectivity index (χ2n) is 5.85. The van der Waals surface area contributed by atoms with Crippen LogP contribution in [-0.2, 0) is 19.1 Å². The van der Waals surface area contributed by atoms with E-state index in [1.54, 1.807) is 48.5 Å². The first kappa shape index (κ1) is 22.9. The highest BCUT2D eigenvalue weighted by atomic mass is 79.9. The quantitative estimate of drug-likeness (QED) is 0.470. The van der Waals surface area contributed by atoms with Gasteiger partial charge < -0.3 is 25.4 Å². The van der Waals surface area contributed by atoms with Crippen molar-refractivity contribution in [3.8, 4) is 5.75 Å². The van der Waals surface area contributed by atoms with Crippen molar-refractivity contribution in [1.82, 2.24) is 10.6 Å². The third kappa shape index (κ3) is 7.21. The molecule has 2 rings (SSSR count). The number of hydrogen-bond donors (Lipinski definition) is 3. The number of methoxy groups -OCH3 is 1. The van der Waals surface area contributed by atoms with Gasteiger partial charge in [0.1, 0.15) is 12.3 Å². The number of carbonyl (C=O) groups is 4. The van der Waals surface area contributed by atoms with Gasteiger partial charge in [-0.25, -0.2) is 0 Å². The van der Waals surface area contributed by atoms with Crippen molar-refractivity contribution in [3.05, 3.63) is 58.6 Å². The zero-order valence-corrected chi connectivity index (χ0v) is 17.7. The Balaban J connectivity index is 1.68. The Hall–Kier alpha value is -3.40. The smallest absolute Gasteiger partial charge is 0.325 e. The molecule has 0 bridgehead atoms. The zero-order chi connectivity index (χ0) is 21.9. The summed E-state index contributed by atoms with van der Waals surface area (Å²) < 4.78 is 10.6. The fraction of sp³-hybridized carbons (Fsp3) is 0.200. The van der Waals surface area contributed by atoms with Crippen LogP contribution in [0.3, 0.4) is 0 Å². The molecule has 0 aliphatic carbocycles. The van der Waals surface area contributed by atoms with E-state index in [2.05, 4.69) is 31.9 Å². The molecule has 0 radical (unpaired) electrons. The van der Waals surface area contributed by atoms with Crippen molar-refractivity contribution < 1.29 is 28.7 Å². The van der Waals surface area contributed by atoms with Gasteiger partial charge >= 0.3 is 5.97 Å². The van der Waals surface area contributed by atoms with Crippen molar-refractivity contribution in [3.63, 3.8) is 0 Å². The Bertz CT molecular complexity index is 934. The van der Waals surface area contributed by atoms with Crippen LogP contribution in [0.15, 0.2) is 53.0 Å². The molecule has 0 unspecified atom stereocenters. The molecule has 30 heavy (non-hydrogen) atoms. The van der Waals surface area contributed by atoms with Gasteiger partial charge in [-0.15, -0.1) is 0 Å². The van der Waals surface area contributed by atoms with Crippen LogP contribution in [0.4, 0.5) is 5.69 Å². The zero-order valence-electron chi connectivity index (χ0n) is 16.1. The number of para-hydroxylation sites is 2. The lowest BCUT2D eigenvalue weighted by Gasteiger charge is -2.10. The SMILES string of the molecule is COc1ccccc1C(=O)NCC(=O)OCC(=O)NCC(=O)Nc1ccccc1Br. The summed E-state index contributed by atoms with van der Waals surface area (Å²) in [6, 6.07) is 13.6. The maximum Gasteiger partial charge on any atom is 0.325 e. The van der Waals surface area contributed by atoms with Crippen LogP contribution in [0.1, 0.15) is 10.4 Å². The summed E-state index contributed by atoms with van der Waals surface area (Å²) in [7, 11) is 1.43. The predicted molar refractivity (Wildman–Crippen MR) is 112 cm³/mol. The van der Waals surface area contributed by atoms with Crippen LogP contribution in [0.2, 0.25) is 0 Å². The van der Waals surface area contributed by atoms with E-state index in [9.17, 15) is 19.2 Å². The molecule has 0 saturated heterocycles. The summed E-state index contributed by atoms with van der Waals surface area (Å²) in [6.45, 7) is -1.29. The summed E-state index contributed by atoms with van der Waals surface area (Å²) in [5.74, 6) is -2.04. The van der Waals surface area contributed by atoms with E-state index < -0.39 is 36.8 Å². The maximum atomic E-state index is 12.1. The number of halogens is 1. The highest BCUT2D eigenvalue weighted by Crippen LogP contribution is 2.20. The van der Waals surface area contributed by atoms with Gasteiger partial charge in [-0.3, -0.25) is 19.2 Å². The lowest BCUT2D eigenvalue weighted by Crippen LogP contribution is -2.37. The molecule has 10 heteroatoms. The highest BCUT2D eigenvalue weighted by molar-refractivity contribution is 9.10. The van der Waals surface area contributed by atoms with Crippen LogP contribution < -0.4 is 20.7 Å². The molecule has 9 nitrogen and oxygen atoms in total. The number of anilines is 1. The minimum atomic E-state index is -0.800. The Morgan fingerprint density at radius 1 is 0.900 bits per heavy atom. The normalized spacial score (nSPS) is 9.93. The molecule has 2 aromatic rings. The van der Waals surface area contributed by atoms with E-state index in [1.165, 1.54) is 7.11 Å². The summed E-state index contributed by atoms with van der Waals surface area (Å²) >= 11 is 3.30. The number of rotatable bonds is 9. The second kappa shape index (κ2) is 11.6. The van der Waals surface area contributed by atoms with E-state index >= 15 is 0 Å². The number of nitrogens with one attached hydrogen (secondary N) is 3. The summed E-state index contributed by atoms with van der Waals surface area (Å²) in [6.07, 6.45) is 0. The van der Waals surface area contributed by atoms with Crippen molar-refractivity contribution in [2.75, 3.05) is 32.1 Å². The monoisotopic (exact) mass is 477 g/mol. The minimum absolute atomic E-state index is 0.265. The Kier molecular flexibility index (Phi) is 8.82. The van der Waals surface area contributed by atoms with Crippen LogP contribution >= 0.6 is 15.9 Å². The fourth-order valence-corrected chi connectivity index (χ4v) is 2.65.